The van der Waals surface area contributed by atoms with Gasteiger partial charge in [-0.2, -0.15) is 0 Å². The van der Waals surface area contributed by atoms with Gasteiger partial charge in [0.05, 0.1) is 24.1 Å². The number of carbonyl (C=O) groups excluding carboxylic acids is 1. The molecular formula is C28H37FN6O5S2. The van der Waals surface area contributed by atoms with E-state index in [-0.39, 0.29) is 36.1 Å². The number of methoxy groups -OCH3 is 1. The molecule has 0 aliphatic carbocycles. The first-order valence-corrected chi connectivity index (χ1v) is 15.6. The van der Waals surface area contributed by atoms with Crippen LogP contribution in [0.25, 0.3) is 0 Å². The van der Waals surface area contributed by atoms with E-state index in [2.05, 4.69) is 20.0 Å². The van der Waals surface area contributed by atoms with Gasteiger partial charge in [0.2, 0.25) is 11.9 Å². The quantitative estimate of drug-likeness (QED) is 0.110. The highest BCUT2D eigenvalue weighted by atomic mass is 32.2. The Balaban J connectivity index is 1.64. The van der Waals surface area contributed by atoms with Crippen LogP contribution in [-0.4, -0.2) is 56.1 Å². The zero-order valence-electron chi connectivity index (χ0n) is 23.9. The fourth-order valence-corrected chi connectivity index (χ4v) is 6.66. The summed E-state index contributed by atoms with van der Waals surface area (Å²) in [6.07, 6.45) is 1.25. The van der Waals surface area contributed by atoms with E-state index in [1.165, 1.54) is 30.6 Å². The maximum absolute atomic E-state index is 13.2. The number of nitrogens with one attached hydrogen (secondary N) is 2. The Morgan fingerprint density at radius 1 is 1.21 bits per heavy atom. The van der Waals surface area contributed by atoms with Crippen LogP contribution < -0.4 is 26.2 Å². The van der Waals surface area contributed by atoms with Gasteiger partial charge in [-0.3, -0.25) is 9.79 Å². The molecule has 0 bridgehead atoms. The van der Waals surface area contributed by atoms with Crippen LogP contribution in [0.3, 0.4) is 0 Å². The Labute approximate surface area is 249 Å². The highest BCUT2D eigenvalue weighted by molar-refractivity contribution is 7.90. The van der Waals surface area contributed by atoms with Crippen LogP contribution in [-0.2, 0) is 21.2 Å². The molecule has 0 aliphatic heterocycles. The number of nitrogens with zero attached hydrogens (tertiary/aromatic N) is 2. The Hall–Kier alpha value is -3.59. The third-order valence-corrected chi connectivity index (χ3v) is 9.27. The van der Waals surface area contributed by atoms with Crippen LogP contribution in [0.4, 0.5) is 4.39 Å². The van der Waals surface area contributed by atoms with Gasteiger partial charge < -0.3 is 26.6 Å². The Morgan fingerprint density at radius 3 is 2.52 bits per heavy atom. The number of aryl methyl sites for hydroxylation is 1. The normalized spacial score (nSPS) is 14.2. The van der Waals surface area contributed by atoms with Crippen molar-refractivity contribution in [3.63, 3.8) is 0 Å². The highest BCUT2D eigenvalue weighted by Gasteiger charge is 2.27. The first-order valence-electron chi connectivity index (χ1n) is 13.2. The Bertz CT molecular complexity index is 1500. The molecule has 2 aromatic carbocycles. The minimum absolute atomic E-state index is 0.102. The van der Waals surface area contributed by atoms with Crippen LogP contribution in [0.1, 0.15) is 46.2 Å². The van der Waals surface area contributed by atoms with Crippen LogP contribution in [0, 0.1) is 26.6 Å². The molecule has 3 rings (SSSR count). The van der Waals surface area contributed by atoms with Crippen molar-refractivity contribution in [2.24, 2.45) is 16.5 Å². The summed E-state index contributed by atoms with van der Waals surface area (Å²) in [4.78, 5) is 21.3. The van der Waals surface area contributed by atoms with E-state index in [4.69, 9.17) is 16.2 Å². The number of carbonyl (C=O) groups is 1. The number of hydrogen-bond acceptors (Lipinski definition) is 9. The average Bonchev–Trinajstić information content (AvgIpc) is 3.48. The van der Waals surface area contributed by atoms with Crippen molar-refractivity contribution in [1.82, 2.24) is 15.0 Å². The molecule has 1 aromatic heterocycles. The number of thiazole rings is 1. The topological polar surface area (TPSA) is 182 Å². The SMILES string of the molecule is COc1cc(C)c(S(=O)(=O)NC(N)=NCCC[C@H](NC(=O)[C@@H](N)Cc2ccc(F)cc2)C(O)c2nccs2)c(C)c1C. The molecule has 7 N–H and O–H groups in total. The number of sulfonamides is 1. The van der Waals surface area contributed by atoms with Crippen molar-refractivity contribution in [1.29, 1.82) is 0 Å². The van der Waals surface area contributed by atoms with Gasteiger partial charge in [0.25, 0.3) is 10.0 Å². The molecule has 42 heavy (non-hydrogen) atoms. The minimum Gasteiger partial charge on any atom is -0.496 e. The van der Waals surface area contributed by atoms with E-state index in [0.717, 1.165) is 0 Å². The molecule has 3 aromatic rings. The van der Waals surface area contributed by atoms with Crippen molar-refractivity contribution < 1.29 is 27.4 Å². The zero-order chi connectivity index (χ0) is 31.0. The lowest BCUT2D eigenvalue weighted by atomic mass is 10.0. The largest absolute Gasteiger partial charge is 0.496 e. The van der Waals surface area contributed by atoms with Gasteiger partial charge in [0.15, 0.2) is 0 Å². The first kappa shape index (κ1) is 32.9. The average molecular weight is 621 g/mol. The van der Waals surface area contributed by atoms with E-state index in [9.17, 15) is 22.7 Å². The van der Waals surface area contributed by atoms with Crippen molar-refractivity contribution in [3.05, 3.63) is 75.0 Å². The molecule has 0 radical (unpaired) electrons. The minimum atomic E-state index is -4.02. The Kier molecular flexibility index (Phi) is 11.4. The lowest BCUT2D eigenvalue weighted by Gasteiger charge is -2.24. The van der Waals surface area contributed by atoms with Crippen LogP contribution >= 0.6 is 11.3 Å². The van der Waals surface area contributed by atoms with Crippen LogP contribution in [0.15, 0.2) is 51.8 Å². The molecule has 1 heterocycles. The second-order valence-electron chi connectivity index (χ2n) is 9.86. The van der Waals surface area contributed by atoms with E-state index in [1.54, 1.807) is 50.5 Å². The number of amides is 1. The zero-order valence-corrected chi connectivity index (χ0v) is 25.6. The predicted octanol–water partition coefficient (Wildman–Crippen LogP) is 2.38. The number of aliphatic hydroxyl groups excluding tert-OH is 1. The van der Waals surface area contributed by atoms with Crippen LogP contribution in [0.2, 0.25) is 0 Å². The fourth-order valence-electron chi connectivity index (χ4n) is 4.50. The molecule has 0 aliphatic rings. The number of nitrogens with two attached hydrogens (primary N) is 2. The fraction of sp³-hybridized carbons (Fsp3) is 0.393. The van der Waals surface area contributed by atoms with Crippen molar-refractivity contribution in [2.75, 3.05) is 13.7 Å². The monoisotopic (exact) mass is 620 g/mol. The summed E-state index contributed by atoms with van der Waals surface area (Å²) in [6, 6.07) is 5.67. The summed E-state index contributed by atoms with van der Waals surface area (Å²) in [6.45, 7) is 5.26. The van der Waals surface area contributed by atoms with E-state index < -0.39 is 34.1 Å². The molecule has 11 nitrogen and oxygen atoms in total. The number of rotatable bonds is 13. The summed E-state index contributed by atoms with van der Waals surface area (Å²) in [5.74, 6) is -0.579. The highest BCUT2D eigenvalue weighted by Crippen LogP contribution is 2.30. The summed E-state index contributed by atoms with van der Waals surface area (Å²) in [7, 11) is -2.50. The molecule has 0 spiro atoms. The molecule has 228 valence electrons. The van der Waals surface area contributed by atoms with Gasteiger partial charge in [-0.15, -0.1) is 11.3 Å². The number of benzene rings is 2. The van der Waals surface area contributed by atoms with Gasteiger partial charge in [-0.25, -0.2) is 22.5 Å². The first-order chi connectivity index (χ1) is 19.8. The summed E-state index contributed by atoms with van der Waals surface area (Å²) >= 11 is 1.24. The molecule has 1 amide bonds. The molecule has 0 saturated carbocycles. The maximum Gasteiger partial charge on any atom is 0.264 e. The third kappa shape index (κ3) is 8.47. The number of hydrogen-bond donors (Lipinski definition) is 5. The lowest BCUT2D eigenvalue weighted by Crippen LogP contribution is -2.48. The third-order valence-electron chi connectivity index (χ3n) is 6.78. The van der Waals surface area contributed by atoms with E-state index >= 15 is 0 Å². The van der Waals surface area contributed by atoms with E-state index in [0.29, 0.717) is 39.4 Å². The van der Waals surface area contributed by atoms with Crippen molar-refractivity contribution in [3.8, 4) is 5.75 Å². The van der Waals surface area contributed by atoms with Gasteiger partial charge in [0, 0.05) is 18.1 Å². The number of ether oxygens (including phenoxy) is 1. The summed E-state index contributed by atoms with van der Waals surface area (Å²) in [5.41, 5.74) is 14.4. The van der Waals surface area contributed by atoms with Crippen molar-refractivity contribution >= 4 is 33.2 Å². The number of aliphatic imine (C=N–C) groups is 1. The van der Waals surface area contributed by atoms with Gasteiger partial charge in [-0.05, 0) is 80.5 Å². The molecule has 0 fully saturated rings. The molecule has 1 unspecified atom stereocenters. The number of guanidine groups is 1. The molecule has 3 atom stereocenters. The number of aromatic nitrogens is 1. The van der Waals surface area contributed by atoms with Crippen molar-refractivity contribution in [2.45, 2.75) is 63.1 Å². The van der Waals surface area contributed by atoms with Gasteiger partial charge in [-0.1, -0.05) is 12.1 Å². The maximum atomic E-state index is 13.2. The smallest absolute Gasteiger partial charge is 0.264 e. The van der Waals surface area contributed by atoms with E-state index in [1.807, 2.05) is 0 Å². The van der Waals surface area contributed by atoms with Gasteiger partial charge >= 0.3 is 0 Å². The molecule has 14 heteroatoms. The lowest BCUT2D eigenvalue weighted by molar-refractivity contribution is -0.124. The second-order valence-corrected chi connectivity index (χ2v) is 12.4. The summed E-state index contributed by atoms with van der Waals surface area (Å²) < 4.78 is 47.0. The number of aliphatic hydroxyl groups is 1. The van der Waals surface area contributed by atoms with Gasteiger partial charge in [0.1, 0.15) is 22.7 Å². The standard InChI is InChI=1S/C28H37FN6O5S2/c1-16-14-23(40-4)17(2)18(3)25(16)42(38,39)35-28(31)33-11-5-6-22(24(36)27-32-12-13-41-27)34-26(37)21(30)15-19-7-9-20(29)10-8-19/h7-10,12-14,21-22,24,36H,5-6,11,15,30H2,1-4H3,(H,34,37)(H3,31,33,35)/t21-,22-,24?/m0/s1. The Morgan fingerprint density at radius 2 is 1.90 bits per heavy atom. The predicted molar refractivity (Wildman–Crippen MR) is 160 cm³/mol. The number of halogens is 1. The second kappa shape index (κ2) is 14.5. The molecular weight excluding hydrogens is 583 g/mol. The molecule has 0 saturated heterocycles. The van der Waals surface area contributed by atoms with Crippen LogP contribution in [0.5, 0.6) is 5.75 Å². The summed E-state index contributed by atoms with van der Waals surface area (Å²) in [5, 5.41) is 15.8.